The first-order valence-corrected chi connectivity index (χ1v) is 2.89. The van der Waals surface area contributed by atoms with Gasteiger partial charge in [-0.2, -0.15) is 0 Å². The first-order valence-electron chi connectivity index (χ1n) is 2.89. The van der Waals surface area contributed by atoms with Crippen LogP contribution in [0.1, 0.15) is 6.42 Å². The Morgan fingerprint density at radius 3 is 2.50 bits per heavy atom. The fourth-order valence-electron chi connectivity index (χ4n) is 0.767. The summed E-state index contributed by atoms with van der Waals surface area (Å²) in [5.41, 5.74) is 9.18. The highest BCUT2D eigenvalue weighted by molar-refractivity contribution is 5.26. The number of hydrogen-bond donors (Lipinski definition) is 4. The van der Waals surface area contributed by atoms with Gasteiger partial charge in [0, 0.05) is 0 Å². The fourth-order valence-corrected chi connectivity index (χ4v) is 0.767. The van der Waals surface area contributed by atoms with Gasteiger partial charge in [0.15, 0.2) is 5.72 Å². The fraction of sp³-hybridized carbons (Fsp3) is 0.333. The first-order chi connectivity index (χ1) is 4.52. The van der Waals surface area contributed by atoms with Gasteiger partial charge in [-0.1, -0.05) is 0 Å². The molecule has 1 rings (SSSR count). The third kappa shape index (κ3) is 1.12. The molecule has 1 unspecified atom stereocenters. The topological polar surface area (TPSA) is 92.5 Å². The Bertz CT molecular complexity index is 206. The average Bonchev–Trinajstić information content (AvgIpc) is 1.78. The third-order valence-electron chi connectivity index (χ3n) is 1.41. The standard InChI is InChI=1S/C6H10N2O2/c7-5-2-1-4(9)3-6(5,8)10/h1-2,9-10H,3,7-8H2. The van der Waals surface area contributed by atoms with E-state index in [0.29, 0.717) is 0 Å². The molecule has 6 N–H and O–H groups in total. The van der Waals surface area contributed by atoms with Crippen LogP contribution >= 0.6 is 0 Å². The zero-order chi connectivity index (χ0) is 7.78. The quantitative estimate of drug-likeness (QED) is 0.337. The van der Waals surface area contributed by atoms with Crippen LogP contribution in [-0.2, 0) is 0 Å². The number of rotatable bonds is 0. The molecular formula is C6H10N2O2. The van der Waals surface area contributed by atoms with Crippen LogP contribution in [0.15, 0.2) is 23.6 Å². The van der Waals surface area contributed by atoms with Gasteiger partial charge in [0.05, 0.1) is 17.9 Å². The van der Waals surface area contributed by atoms with Gasteiger partial charge in [-0.15, -0.1) is 0 Å². The molecule has 0 spiro atoms. The summed E-state index contributed by atoms with van der Waals surface area (Å²) in [6.45, 7) is 0. The number of hydrogen-bond acceptors (Lipinski definition) is 4. The lowest BCUT2D eigenvalue weighted by Gasteiger charge is -2.25. The van der Waals surface area contributed by atoms with Crippen molar-refractivity contribution >= 4 is 0 Å². The average molecular weight is 142 g/mol. The van der Waals surface area contributed by atoms with Gasteiger partial charge in [-0.25, -0.2) is 0 Å². The Labute approximate surface area is 58.4 Å². The van der Waals surface area contributed by atoms with Gasteiger partial charge in [0.2, 0.25) is 0 Å². The molecule has 1 aliphatic carbocycles. The van der Waals surface area contributed by atoms with Crippen molar-refractivity contribution in [2.45, 2.75) is 12.1 Å². The van der Waals surface area contributed by atoms with Crippen molar-refractivity contribution in [1.29, 1.82) is 0 Å². The highest BCUT2D eigenvalue weighted by atomic mass is 16.3. The number of nitrogens with two attached hydrogens (primary N) is 2. The van der Waals surface area contributed by atoms with Crippen molar-refractivity contribution in [2.24, 2.45) is 11.5 Å². The Hall–Kier alpha value is -1.00. The SMILES string of the molecule is NC1=CC=C(O)CC1(N)O. The summed E-state index contributed by atoms with van der Waals surface area (Å²) in [4.78, 5) is 0. The van der Waals surface area contributed by atoms with Gasteiger partial charge in [0.25, 0.3) is 0 Å². The highest BCUT2D eigenvalue weighted by Gasteiger charge is 2.27. The molecule has 4 nitrogen and oxygen atoms in total. The summed E-state index contributed by atoms with van der Waals surface area (Å²) in [7, 11) is 0. The van der Waals surface area contributed by atoms with E-state index in [-0.39, 0.29) is 17.9 Å². The van der Waals surface area contributed by atoms with Crippen molar-refractivity contribution in [3.8, 4) is 0 Å². The molecule has 0 aromatic heterocycles. The molecule has 4 heteroatoms. The number of aliphatic hydroxyl groups is 2. The number of allylic oxidation sites excluding steroid dienone is 2. The minimum Gasteiger partial charge on any atom is -0.512 e. The summed E-state index contributed by atoms with van der Waals surface area (Å²) in [6, 6.07) is 0. The van der Waals surface area contributed by atoms with E-state index in [1.165, 1.54) is 12.2 Å². The molecule has 0 bridgehead atoms. The summed E-state index contributed by atoms with van der Waals surface area (Å²) in [6.07, 6.45) is 2.78. The van der Waals surface area contributed by atoms with E-state index in [2.05, 4.69) is 0 Å². The van der Waals surface area contributed by atoms with Crippen molar-refractivity contribution in [3.05, 3.63) is 23.6 Å². The Morgan fingerprint density at radius 2 is 2.10 bits per heavy atom. The van der Waals surface area contributed by atoms with E-state index in [1.807, 2.05) is 0 Å². The van der Waals surface area contributed by atoms with Gasteiger partial charge in [-0.3, -0.25) is 5.73 Å². The van der Waals surface area contributed by atoms with Crippen LogP contribution in [0.25, 0.3) is 0 Å². The molecule has 0 saturated heterocycles. The lowest BCUT2D eigenvalue weighted by molar-refractivity contribution is 0.0701. The molecule has 0 fully saturated rings. The predicted molar refractivity (Wildman–Crippen MR) is 36.7 cm³/mol. The number of aliphatic hydroxyl groups excluding tert-OH is 1. The summed E-state index contributed by atoms with van der Waals surface area (Å²) >= 11 is 0. The van der Waals surface area contributed by atoms with E-state index < -0.39 is 5.72 Å². The van der Waals surface area contributed by atoms with E-state index in [0.717, 1.165) is 0 Å². The van der Waals surface area contributed by atoms with Crippen LogP contribution in [0.4, 0.5) is 0 Å². The largest absolute Gasteiger partial charge is 0.512 e. The molecule has 0 amide bonds. The maximum atomic E-state index is 9.20. The molecule has 0 aromatic carbocycles. The Morgan fingerprint density at radius 1 is 1.50 bits per heavy atom. The second kappa shape index (κ2) is 2.00. The molecule has 1 aliphatic rings. The molecule has 10 heavy (non-hydrogen) atoms. The maximum absolute atomic E-state index is 9.20. The minimum absolute atomic E-state index is 0.0185. The molecule has 56 valence electrons. The molecule has 0 heterocycles. The monoisotopic (exact) mass is 142 g/mol. The van der Waals surface area contributed by atoms with Gasteiger partial charge in [-0.05, 0) is 12.2 Å². The third-order valence-corrected chi connectivity index (χ3v) is 1.41. The summed E-state index contributed by atoms with van der Waals surface area (Å²) in [5.74, 6) is 0.0409. The molecule has 0 aliphatic heterocycles. The molecule has 0 radical (unpaired) electrons. The van der Waals surface area contributed by atoms with Crippen molar-refractivity contribution in [2.75, 3.05) is 0 Å². The van der Waals surface area contributed by atoms with E-state index in [9.17, 15) is 5.11 Å². The Balaban J connectivity index is 2.89. The molecular weight excluding hydrogens is 132 g/mol. The van der Waals surface area contributed by atoms with Crippen molar-refractivity contribution < 1.29 is 10.2 Å². The normalized spacial score (nSPS) is 33.0. The van der Waals surface area contributed by atoms with Crippen LogP contribution in [0.5, 0.6) is 0 Å². The van der Waals surface area contributed by atoms with Crippen LogP contribution in [0.3, 0.4) is 0 Å². The van der Waals surface area contributed by atoms with E-state index in [4.69, 9.17) is 16.6 Å². The highest BCUT2D eigenvalue weighted by Crippen LogP contribution is 2.19. The second-order valence-corrected chi connectivity index (χ2v) is 2.38. The maximum Gasteiger partial charge on any atom is 0.161 e. The second-order valence-electron chi connectivity index (χ2n) is 2.38. The van der Waals surface area contributed by atoms with Gasteiger partial charge >= 0.3 is 0 Å². The molecule has 0 saturated carbocycles. The zero-order valence-electron chi connectivity index (χ0n) is 5.41. The summed E-state index contributed by atoms with van der Waals surface area (Å²) in [5, 5.41) is 18.1. The van der Waals surface area contributed by atoms with Crippen LogP contribution < -0.4 is 11.5 Å². The molecule has 1 atom stereocenters. The van der Waals surface area contributed by atoms with Gasteiger partial charge < -0.3 is 15.9 Å². The lowest BCUT2D eigenvalue weighted by atomic mass is 10.0. The Kier molecular flexibility index (Phi) is 1.42. The minimum atomic E-state index is -1.57. The van der Waals surface area contributed by atoms with Crippen molar-refractivity contribution in [3.63, 3.8) is 0 Å². The first kappa shape index (κ1) is 7.11. The molecule has 0 aromatic rings. The smallest absolute Gasteiger partial charge is 0.161 e. The predicted octanol–water partition coefficient (Wildman–Crippen LogP) is -0.678. The van der Waals surface area contributed by atoms with E-state index in [1.54, 1.807) is 0 Å². The van der Waals surface area contributed by atoms with Crippen LogP contribution in [0.2, 0.25) is 0 Å². The summed E-state index contributed by atoms with van der Waals surface area (Å²) < 4.78 is 0. The van der Waals surface area contributed by atoms with E-state index >= 15 is 0 Å². The van der Waals surface area contributed by atoms with Crippen LogP contribution in [-0.4, -0.2) is 15.9 Å². The van der Waals surface area contributed by atoms with Gasteiger partial charge in [0.1, 0.15) is 0 Å². The van der Waals surface area contributed by atoms with Crippen LogP contribution in [0, 0.1) is 0 Å². The zero-order valence-corrected chi connectivity index (χ0v) is 5.41. The van der Waals surface area contributed by atoms with Crippen molar-refractivity contribution in [1.82, 2.24) is 0 Å². The lowest BCUT2D eigenvalue weighted by Crippen LogP contribution is -2.46.